The van der Waals surface area contributed by atoms with Crippen LogP contribution in [0, 0.1) is 6.92 Å². The molecule has 0 fully saturated rings. The molecular formula is C16H16ClNO3. The third kappa shape index (κ3) is 4.21. The summed E-state index contributed by atoms with van der Waals surface area (Å²) in [4.78, 5) is 11.9. The molecule has 2 aromatic carbocycles. The van der Waals surface area contributed by atoms with Crippen molar-refractivity contribution < 1.29 is 14.6 Å². The maximum Gasteiger partial charge on any atom is 0.262 e. The zero-order valence-corrected chi connectivity index (χ0v) is 12.4. The molecule has 0 radical (unpaired) electrons. The van der Waals surface area contributed by atoms with Gasteiger partial charge in [-0.25, -0.2) is 0 Å². The second kappa shape index (κ2) is 7.11. The standard InChI is InChI=1S/C16H16ClNO3/c1-11-8-13(17)6-7-14(11)18-16(20)10-21-15-5-3-2-4-12(15)9-19/h2-8,19H,9-10H2,1H3,(H,18,20). The van der Waals surface area contributed by atoms with Gasteiger partial charge in [0.25, 0.3) is 5.91 Å². The van der Waals surface area contributed by atoms with E-state index in [0.29, 0.717) is 22.0 Å². The number of nitrogens with one attached hydrogen (secondary N) is 1. The topological polar surface area (TPSA) is 58.6 Å². The van der Waals surface area contributed by atoms with Gasteiger partial charge in [-0.05, 0) is 36.8 Å². The Kier molecular flexibility index (Phi) is 5.20. The highest BCUT2D eigenvalue weighted by atomic mass is 35.5. The first-order valence-electron chi connectivity index (χ1n) is 6.47. The first kappa shape index (κ1) is 15.4. The van der Waals surface area contributed by atoms with Gasteiger partial charge in [0.05, 0.1) is 6.61 Å². The van der Waals surface area contributed by atoms with Gasteiger partial charge in [-0.1, -0.05) is 29.8 Å². The van der Waals surface area contributed by atoms with Crippen molar-refractivity contribution in [3.8, 4) is 5.75 Å². The van der Waals surface area contributed by atoms with E-state index >= 15 is 0 Å². The van der Waals surface area contributed by atoms with Crippen molar-refractivity contribution in [2.24, 2.45) is 0 Å². The van der Waals surface area contributed by atoms with Crippen molar-refractivity contribution in [2.75, 3.05) is 11.9 Å². The summed E-state index contributed by atoms with van der Waals surface area (Å²) in [7, 11) is 0. The maximum atomic E-state index is 11.9. The Morgan fingerprint density at radius 1 is 1.29 bits per heavy atom. The smallest absolute Gasteiger partial charge is 0.262 e. The van der Waals surface area contributed by atoms with Gasteiger partial charge in [0, 0.05) is 16.3 Å². The molecule has 0 aliphatic rings. The van der Waals surface area contributed by atoms with E-state index in [1.54, 1.807) is 42.5 Å². The molecule has 0 aliphatic heterocycles. The van der Waals surface area contributed by atoms with Crippen molar-refractivity contribution in [1.82, 2.24) is 0 Å². The van der Waals surface area contributed by atoms with E-state index in [2.05, 4.69) is 5.32 Å². The Balaban J connectivity index is 1.96. The normalized spacial score (nSPS) is 10.2. The Labute approximate surface area is 128 Å². The summed E-state index contributed by atoms with van der Waals surface area (Å²) in [6.45, 7) is 1.61. The van der Waals surface area contributed by atoms with Crippen LogP contribution in [-0.4, -0.2) is 17.6 Å². The lowest BCUT2D eigenvalue weighted by molar-refractivity contribution is -0.118. The van der Waals surface area contributed by atoms with Crippen LogP contribution in [0.1, 0.15) is 11.1 Å². The molecule has 1 amide bonds. The van der Waals surface area contributed by atoms with Crippen LogP contribution in [0.15, 0.2) is 42.5 Å². The molecule has 0 aromatic heterocycles. The Bertz CT molecular complexity index is 643. The average Bonchev–Trinajstić information content (AvgIpc) is 2.48. The molecule has 0 atom stereocenters. The van der Waals surface area contributed by atoms with Crippen LogP contribution in [0.25, 0.3) is 0 Å². The molecular weight excluding hydrogens is 290 g/mol. The monoisotopic (exact) mass is 305 g/mol. The SMILES string of the molecule is Cc1cc(Cl)ccc1NC(=O)COc1ccccc1CO. The number of para-hydroxylation sites is 1. The van der Waals surface area contributed by atoms with E-state index in [1.807, 2.05) is 6.92 Å². The Hall–Kier alpha value is -2.04. The van der Waals surface area contributed by atoms with E-state index in [0.717, 1.165) is 5.56 Å². The number of aryl methyl sites for hydroxylation is 1. The highest BCUT2D eigenvalue weighted by Crippen LogP contribution is 2.20. The van der Waals surface area contributed by atoms with Crippen molar-refractivity contribution in [3.05, 3.63) is 58.6 Å². The summed E-state index contributed by atoms with van der Waals surface area (Å²) in [6, 6.07) is 12.3. The Morgan fingerprint density at radius 2 is 2.05 bits per heavy atom. The maximum absolute atomic E-state index is 11.9. The summed E-state index contributed by atoms with van der Waals surface area (Å²) in [6.07, 6.45) is 0. The predicted octanol–water partition coefficient (Wildman–Crippen LogP) is 3.16. The van der Waals surface area contributed by atoms with E-state index in [1.165, 1.54) is 0 Å². The number of halogens is 1. The largest absolute Gasteiger partial charge is 0.483 e. The number of ether oxygens (including phenoxy) is 1. The second-order valence-corrected chi connectivity index (χ2v) is 5.00. The quantitative estimate of drug-likeness (QED) is 0.892. The zero-order valence-electron chi connectivity index (χ0n) is 11.6. The van der Waals surface area contributed by atoms with Crippen LogP contribution < -0.4 is 10.1 Å². The molecule has 0 unspecified atom stereocenters. The summed E-state index contributed by atoms with van der Waals surface area (Å²) in [5, 5.41) is 12.6. The number of rotatable bonds is 5. The first-order chi connectivity index (χ1) is 10.1. The number of aliphatic hydroxyl groups excluding tert-OH is 1. The number of aliphatic hydroxyl groups is 1. The van der Waals surface area contributed by atoms with Crippen LogP contribution in [0.3, 0.4) is 0 Å². The molecule has 2 rings (SSSR count). The fraction of sp³-hybridized carbons (Fsp3) is 0.188. The number of amides is 1. The van der Waals surface area contributed by atoms with Gasteiger partial charge in [0.1, 0.15) is 5.75 Å². The molecule has 0 bridgehead atoms. The van der Waals surface area contributed by atoms with E-state index < -0.39 is 0 Å². The molecule has 21 heavy (non-hydrogen) atoms. The molecule has 0 saturated heterocycles. The molecule has 4 nitrogen and oxygen atoms in total. The van der Waals surface area contributed by atoms with Gasteiger partial charge < -0.3 is 15.2 Å². The van der Waals surface area contributed by atoms with E-state index in [4.69, 9.17) is 16.3 Å². The summed E-state index contributed by atoms with van der Waals surface area (Å²) < 4.78 is 5.43. The number of benzene rings is 2. The molecule has 0 aliphatic carbocycles. The van der Waals surface area contributed by atoms with E-state index in [9.17, 15) is 9.90 Å². The third-order valence-electron chi connectivity index (χ3n) is 2.96. The minimum atomic E-state index is -0.270. The van der Waals surface area contributed by atoms with Crippen molar-refractivity contribution >= 4 is 23.2 Å². The fourth-order valence-electron chi connectivity index (χ4n) is 1.87. The molecule has 5 heteroatoms. The molecule has 110 valence electrons. The third-order valence-corrected chi connectivity index (χ3v) is 3.20. The zero-order chi connectivity index (χ0) is 15.2. The lowest BCUT2D eigenvalue weighted by atomic mass is 10.2. The average molecular weight is 306 g/mol. The lowest BCUT2D eigenvalue weighted by Gasteiger charge is -2.11. The van der Waals surface area contributed by atoms with Gasteiger partial charge >= 0.3 is 0 Å². The van der Waals surface area contributed by atoms with Crippen LogP contribution in [0.4, 0.5) is 5.69 Å². The summed E-state index contributed by atoms with van der Waals surface area (Å²) in [5.41, 5.74) is 2.23. The number of carbonyl (C=O) groups is 1. The minimum Gasteiger partial charge on any atom is -0.483 e. The number of hydrogen-bond donors (Lipinski definition) is 2. The minimum absolute atomic E-state index is 0.126. The van der Waals surface area contributed by atoms with Gasteiger partial charge in [-0.15, -0.1) is 0 Å². The van der Waals surface area contributed by atoms with Crippen molar-refractivity contribution in [3.63, 3.8) is 0 Å². The fourth-order valence-corrected chi connectivity index (χ4v) is 2.10. The highest BCUT2D eigenvalue weighted by Gasteiger charge is 2.08. The van der Waals surface area contributed by atoms with Gasteiger partial charge in [0.15, 0.2) is 6.61 Å². The summed E-state index contributed by atoms with van der Waals surface area (Å²) >= 11 is 5.87. The van der Waals surface area contributed by atoms with Crippen LogP contribution in [-0.2, 0) is 11.4 Å². The van der Waals surface area contributed by atoms with Gasteiger partial charge in [0.2, 0.25) is 0 Å². The second-order valence-electron chi connectivity index (χ2n) is 4.56. The van der Waals surface area contributed by atoms with Gasteiger partial charge in [-0.3, -0.25) is 4.79 Å². The van der Waals surface area contributed by atoms with Crippen LogP contribution in [0.2, 0.25) is 5.02 Å². The van der Waals surface area contributed by atoms with E-state index in [-0.39, 0.29) is 19.1 Å². The summed E-state index contributed by atoms with van der Waals surface area (Å²) in [5.74, 6) is 0.233. The van der Waals surface area contributed by atoms with Crippen LogP contribution >= 0.6 is 11.6 Å². The number of carbonyl (C=O) groups excluding carboxylic acids is 1. The Morgan fingerprint density at radius 3 is 2.76 bits per heavy atom. The van der Waals surface area contributed by atoms with Crippen molar-refractivity contribution in [1.29, 1.82) is 0 Å². The molecule has 2 aromatic rings. The molecule has 2 N–H and O–H groups in total. The highest BCUT2D eigenvalue weighted by molar-refractivity contribution is 6.30. The molecule has 0 saturated carbocycles. The lowest BCUT2D eigenvalue weighted by Crippen LogP contribution is -2.21. The predicted molar refractivity (Wildman–Crippen MR) is 82.7 cm³/mol. The number of anilines is 1. The first-order valence-corrected chi connectivity index (χ1v) is 6.85. The van der Waals surface area contributed by atoms with Crippen molar-refractivity contribution in [2.45, 2.75) is 13.5 Å². The molecule has 0 heterocycles. The van der Waals surface area contributed by atoms with Gasteiger partial charge in [-0.2, -0.15) is 0 Å². The molecule has 0 spiro atoms. The van der Waals surface area contributed by atoms with Crippen LogP contribution in [0.5, 0.6) is 5.75 Å². The number of hydrogen-bond acceptors (Lipinski definition) is 3.